The number of rotatable bonds is 5. The Bertz CT molecular complexity index is 896. The van der Waals surface area contributed by atoms with E-state index < -0.39 is 5.82 Å². The fraction of sp³-hybridized carbons (Fsp3) is 0.286. The molecule has 0 aliphatic carbocycles. The summed E-state index contributed by atoms with van der Waals surface area (Å²) < 4.78 is 13.2. The van der Waals surface area contributed by atoms with Crippen LogP contribution in [0.2, 0.25) is 0 Å². The zero-order valence-electron chi connectivity index (χ0n) is 15.7. The monoisotopic (exact) mass is 383 g/mol. The smallest absolute Gasteiger partial charge is 0.255 e. The van der Waals surface area contributed by atoms with E-state index in [9.17, 15) is 18.8 Å². The molecular weight excluding hydrogens is 361 g/mol. The third kappa shape index (κ3) is 4.54. The van der Waals surface area contributed by atoms with Gasteiger partial charge in [0.15, 0.2) is 0 Å². The highest BCUT2D eigenvalue weighted by atomic mass is 19.1. The van der Waals surface area contributed by atoms with Crippen LogP contribution in [0.1, 0.15) is 30.6 Å². The molecule has 1 saturated heterocycles. The van der Waals surface area contributed by atoms with Crippen molar-refractivity contribution in [3.05, 3.63) is 59.9 Å². The molecule has 0 spiro atoms. The molecule has 1 aliphatic rings. The molecule has 28 heavy (non-hydrogen) atoms. The van der Waals surface area contributed by atoms with Crippen molar-refractivity contribution in [3.63, 3.8) is 0 Å². The number of halogens is 1. The van der Waals surface area contributed by atoms with Crippen LogP contribution in [0, 0.1) is 11.7 Å². The van der Waals surface area contributed by atoms with E-state index in [2.05, 4.69) is 10.6 Å². The Kier molecular flexibility index (Phi) is 5.73. The van der Waals surface area contributed by atoms with Crippen LogP contribution in [0.25, 0.3) is 0 Å². The normalized spacial score (nSPS) is 16.4. The number of carbonyl (C=O) groups is 3. The van der Waals surface area contributed by atoms with Crippen LogP contribution in [-0.2, 0) is 9.59 Å². The molecule has 3 amide bonds. The van der Waals surface area contributed by atoms with Gasteiger partial charge in [-0.05, 0) is 56.3 Å². The van der Waals surface area contributed by atoms with E-state index in [4.69, 9.17) is 0 Å². The summed E-state index contributed by atoms with van der Waals surface area (Å²) in [4.78, 5) is 38.3. The summed E-state index contributed by atoms with van der Waals surface area (Å²) in [7, 11) is 0. The van der Waals surface area contributed by atoms with Gasteiger partial charge in [-0.25, -0.2) is 4.39 Å². The standard InChI is InChI=1S/C21H22FN3O3/c1-13(2)25-12-15(10-19(25)26)21(28)23-17-8-6-14(7-9-17)20(27)24-18-5-3-4-16(22)11-18/h3-9,11,13,15H,10,12H2,1-2H3,(H,23,28)(H,24,27). The Morgan fingerprint density at radius 3 is 2.39 bits per heavy atom. The molecule has 3 rings (SSSR count). The Morgan fingerprint density at radius 1 is 1.07 bits per heavy atom. The molecule has 1 aliphatic heterocycles. The van der Waals surface area contributed by atoms with Crippen LogP contribution in [0.5, 0.6) is 0 Å². The highest BCUT2D eigenvalue weighted by Crippen LogP contribution is 2.22. The van der Waals surface area contributed by atoms with E-state index in [1.807, 2.05) is 13.8 Å². The first-order chi connectivity index (χ1) is 13.3. The topological polar surface area (TPSA) is 78.5 Å². The first-order valence-electron chi connectivity index (χ1n) is 9.11. The Morgan fingerprint density at radius 2 is 1.79 bits per heavy atom. The molecule has 2 N–H and O–H groups in total. The van der Waals surface area contributed by atoms with E-state index >= 15 is 0 Å². The second-order valence-corrected chi connectivity index (χ2v) is 7.07. The fourth-order valence-corrected chi connectivity index (χ4v) is 3.13. The molecule has 0 aromatic heterocycles. The quantitative estimate of drug-likeness (QED) is 0.832. The maximum atomic E-state index is 13.2. The van der Waals surface area contributed by atoms with Gasteiger partial charge < -0.3 is 15.5 Å². The third-order valence-corrected chi connectivity index (χ3v) is 4.65. The average molecular weight is 383 g/mol. The van der Waals surface area contributed by atoms with Crippen molar-refractivity contribution in [3.8, 4) is 0 Å². The Labute approximate surface area is 162 Å². The average Bonchev–Trinajstić information content (AvgIpc) is 3.04. The molecule has 1 fully saturated rings. The summed E-state index contributed by atoms with van der Waals surface area (Å²) in [6.45, 7) is 4.26. The predicted octanol–water partition coefficient (Wildman–Crippen LogP) is 3.27. The summed E-state index contributed by atoms with van der Waals surface area (Å²) in [5.41, 5.74) is 1.29. The number of hydrogen-bond acceptors (Lipinski definition) is 3. The van der Waals surface area contributed by atoms with Crippen LogP contribution in [0.15, 0.2) is 48.5 Å². The number of hydrogen-bond donors (Lipinski definition) is 2. The minimum atomic E-state index is -0.433. The molecule has 0 radical (unpaired) electrons. The molecular formula is C21H22FN3O3. The molecule has 2 aromatic rings. The van der Waals surface area contributed by atoms with Gasteiger partial charge in [-0.2, -0.15) is 0 Å². The van der Waals surface area contributed by atoms with Crippen molar-refractivity contribution >= 4 is 29.1 Å². The highest BCUT2D eigenvalue weighted by molar-refractivity contribution is 6.04. The van der Waals surface area contributed by atoms with Crippen molar-refractivity contribution in [1.82, 2.24) is 4.90 Å². The van der Waals surface area contributed by atoms with Gasteiger partial charge in [0, 0.05) is 35.9 Å². The van der Waals surface area contributed by atoms with E-state index in [0.29, 0.717) is 23.5 Å². The molecule has 2 aromatic carbocycles. The first kappa shape index (κ1) is 19.5. The van der Waals surface area contributed by atoms with Crippen LogP contribution >= 0.6 is 0 Å². The minimum absolute atomic E-state index is 0.0143. The number of nitrogens with zero attached hydrogens (tertiary/aromatic N) is 1. The molecule has 1 atom stereocenters. The zero-order chi connectivity index (χ0) is 20.3. The molecule has 6 nitrogen and oxygen atoms in total. The number of benzene rings is 2. The van der Waals surface area contributed by atoms with E-state index in [1.165, 1.54) is 18.2 Å². The van der Waals surface area contributed by atoms with Crippen LogP contribution in [-0.4, -0.2) is 35.2 Å². The lowest BCUT2D eigenvalue weighted by Crippen LogP contribution is -2.33. The first-order valence-corrected chi connectivity index (χ1v) is 9.11. The molecule has 1 heterocycles. The van der Waals surface area contributed by atoms with Crippen molar-refractivity contribution in [2.45, 2.75) is 26.3 Å². The van der Waals surface area contributed by atoms with E-state index in [1.54, 1.807) is 35.2 Å². The van der Waals surface area contributed by atoms with Crippen LogP contribution in [0.3, 0.4) is 0 Å². The molecule has 7 heteroatoms. The van der Waals surface area contributed by atoms with Gasteiger partial charge in [0.05, 0.1) is 5.92 Å². The summed E-state index contributed by atoms with van der Waals surface area (Å²) >= 11 is 0. The third-order valence-electron chi connectivity index (χ3n) is 4.65. The van der Waals surface area contributed by atoms with Gasteiger partial charge >= 0.3 is 0 Å². The maximum Gasteiger partial charge on any atom is 0.255 e. The van der Waals surface area contributed by atoms with Gasteiger partial charge in [0.2, 0.25) is 11.8 Å². The van der Waals surface area contributed by atoms with Gasteiger partial charge in [-0.3, -0.25) is 14.4 Å². The van der Waals surface area contributed by atoms with Crippen LogP contribution < -0.4 is 10.6 Å². The number of carbonyl (C=O) groups excluding carboxylic acids is 3. The second-order valence-electron chi connectivity index (χ2n) is 7.07. The second kappa shape index (κ2) is 8.21. The van der Waals surface area contributed by atoms with Gasteiger partial charge in [-0.15, -0.1) is 0 Å². The maximum absolute atomic E-state index is 13.2. The molecule has 0 bridgehead atoms. The predicted molar refractivity (Wildman–Crippen MR) is 104 cm³/mol. The molecule has 1 unspecified atom stereocenters. The number of likely N-dealkylation sites (tertiary alicyclic amines) is 1. The summed E-state index contributed by atoms with van der Waals surface area (Å²) in [6, 6.07) is 12.1. The zero-order valence-corrected chi connectivity index (χ0v) is 15.7. The number of anilines is 2. The Balaban J connectivity index is 1.59. The van der Waals surface area contributed by atoms with Gasteiger partial charge in [0.1, 0.15) is 5.82 Å². The molecule has 146 valence electrons. The largest absolute Gasteiger partial charge is 0.339 e. The summed E-state index contributed by atoms with van der Waals surface area (Å²) in [5.74, 6) is -1.42. The SMILES string of the molecule is CC(C)N1CC(C(=O)Nc2ccc(C(=O)Nc3cccc(F)c3)cc2)CC1=O. The van der Waals surface area contributed by atoms with E-state index in [-0.39, 0.29) is 36.1 Å². The lowest BCUT2D eigenvalue weighted by atomic mass is 10.1. The van der Waals surface area contributed by atoms with Crippen molar-refractivity contribution < 1.29 is 18.8 Å². The summed E-state index contributed by atoms with van der Waals surface area (Å²) in [6.07, 6.45) is 0.206. The Hall–Kier alpha value is -3.22. The molecule has 0 saturated carbocycles. The lowest BCUT2D eigenvalue weighted by molar-refractivity contribution is -0.129. The van der Waals surface area contributed by atoms with Gasteiger partial charge in [-0.1, -0.05) is 6.07 Å². The number of nitrogens with one attached hydrogen (secondary N) is 2. The minimum Gasteiger partial charge on any atom is -0.339 e. The number of amides is 3. The highest BCUT2D eigenvalue weighted by Gasteiger charge is 2.35. The van der Waals surface area contributed by atoms with Crippen molar-refractivity contribution in [2.24, 2.45) is 5.92 Å². The van der Waals surface area contributed by atoms with Crippen molar-refractivity contribution in [2.75, 3.05) is 17.2 Å². The van der Waals surface area contributed by atoms with Crippen molar-refractivity contribution in [1.29, 1.82) is 0 Å². The van der Waals surface area contributed by atoms with E-state index in [0.717, 1.165) is 0 Å². The fourth-order valence-electron chi connectivity index (χ4n) is 3.13. The summed E-state index contributed by atoms with van der Waals surface area (Å²) in [5, 5.41) is 5.40. The lowest BCUT2D eigenvalue weighted by Gasteiger charge is -2.20. The van der Waals surface area contributed by atoms with Crippen LogP contribution in [0.4, 0.5) is 15.8 Å². The van der Waals surface area contributed by atoms with Gasteiger partial charge in [0.25, 0.3) is 5.91 Å².